The van der Waals surface area contributed by atoms with Crippen molar-refractivity contribution in [1.29, 1.82) is 0 Å². The standard InChI is InChI=1S/C13H16N4O/c14-12-13(18-9-4-3-7-15-8-9)17-11-6-2-1-5-10(11)16-12/h1-2,5-6,9,15H,3-4,7-8H2,(H2,14,16)/t9-/m0/s1. The molecule has 0 bridgehead atoms. The molecule has 2 aromatic rings. The third-order valence-electron chi connectivity index (χ3n) is 3.09. The van der Waals surface area contributed by atoms with Crippen molar-refractivity contribution in [2.45, 2.75) is 18.9 Å². The molecule has 0 radical (unpaired) electrons. The van der Waals surface area contributed by atoms with Crippen LogP contribution in [-0.4, -0.2) is 29.2 Å². The normalized spacial score (nSPS) is 19.9. The van der Waals surface area contributed by atoms with Crippen LogP contribution >= 0.6 is 0 Å². The smallest absolute Gasteiger partial charge is 0.258 e. The molecule has 0 amide bonds. The lowest BCUT2D eigenvalue weighted by molar-refractivity contribution is 0.161. The van der Waals surface area contributed by atoms with E-state index in [0.717, 1.165) is 37.0 Å². The predicted molar refractivity (Wildman–Crippen MR) is 70.5 cm³/mol. The largest absolute Gasteiger partial charge is 0.470 e. The van der Waals surface area contributed by atoms with Crippen molar-refractivity contribution < 1.29 is 4.74 Å². The zero-order valence-electron chi connectivity index (χ0n) is 10.1. The maximum Gasteiger partial charge on any atom is 0.258 e. The van der Waals surface area contributed by atoms with E-state index in [1.807, 2.05) is 24.3 Å². The van der Waals surface area contributed by atoms with Crippen LogP contribution in [0, 0.1) is 0 Å². The molecular formula is C13H16N4O. The number of aromatic nitrogens is 2. The van der Waals surface area contributed by atoms with E-state index < -0.39 is 0 Å². The maximum atomic E-state index is 5.88. The molecule has 3 N–H and O–H groups in total. The van der Waals surface area contributed by atoms with Crippen LogP contribution in [0.2, 0.25) is 0 Å². The molecule has 2 heterocycles. The van der Waals surface area contributed by atoms with Gasteiger partial charge in [0, 0.05) is 6.54 Å². The summed E-state index contributed by atoms with van der Waals surface area (Å²) < 4.78 is 5.83. The van der Waals surface area contributed by atoms with Crippen LogP contribution < -0.4 is 15.8 Å². The first kappa shape index (κ1) is 11.2. The number of nitrogens with zero attached hydrogens (tertiary/aromatic N) is 2. The van der Waals surface area contributed by atoms with Crippen molar-refractivity contribution in [3.8, 4) is 5.88 Å². The Hall–Kier alpha value is -1.88. The molecule has 0 spiro atoms. The third-order valence-corrected chi connectivity index (χ3v) is 3.09. The molecule has 1 aromatic carbocycles. The molecule has 1 aliphatic rings. The van der Waals surface area contributed by atoms with Crippen LogP contribution in [0.4, 0.5) is 5.82 Å². The number of hydrogen-bond acceptors (Lipinski definition) is 5. The Morgan fingerprint density at radius 1 is 1.22 bits per heavy atom. The van der Waals surface area contributed by atoms with Crippen molar-refractivity contribution in [3.05, 3.63) is 24.3 Å². The van der Waals surface area contributed by atoms with E-state index in [0.29, 0.717) is 11.7 Å². The lowest BCUT2D eigenvalue weighted by Crippen LogP contribution is -2.37. The number of para-hydroxylation sites is 2. The highest BCUT2D eigenvalue weighted by Crippen LogP contribution is 2.22. The second kappa shape index (κ2) is 4.78. The Balaban J connectivity index is 1.88. The van der Waals surface area contributed by atoms with Gasteiger partial charge in [0.1, 0.15) is 6.10 Å². The van der Waals surface area contributed by atoms with Gasteiger partial charge in [-0.3, -0.25) is 0 Å². The van der Waals surface area contributed by atoms with E-state index in [-0.39, 0.29) is 6.10 Å². The summed E-state index contributed by atoms with van der Waals surface area (Å²) in [5.74, 6) is 0.807. The number of anilines is 1. The second-order valence-corrected chi connectivity index (χ2v) is 4.49. The van der Waals surface area contributed by atoms with Crippen molar-refractivity contribution >= 4 is 16.9 Å². The lowest BCUT2D eigenvalue weighted by atomic mass is 10.1. The first-order valence-electron chi connectivity index (χ1n) is 6.22. The summed E-state index contributed by atoms with van der Waals surface area (Å²) >= 11 is 0. The van der Waals surface area contributed by atoms with Crippen molar-refractivity contribution in [2.24, 2.45) is 0 Å². The first-order valence-corrected chi connectivity index (χ1v) is 6.22. The zero-order chi connectivity index (χ0) is 12.4. The molecule has 0 unspecified atom stereocenters. The van der Waals surface area contributed by atoms with E-state index in [1.54, 1.807) is 0 Å². The van der Waals surface area contributed by atoms with Gasteiger partial charge in [-0.15, -0.1) is 0 Å². The average molecular weight is 244 g/mol. The number of nitrogens with two attached hydrogens (primary N) is 1. The highest BCUT2D eigenvalue weighted by molar-refractivity contribution is 5.76. The highest BCUT2D eigenvalue weighted by Gasteiger charge is 2.17. The number of nitrogen functional groups attached to an aromatic ring is 1. The van der Waals surface area contributed by atoms with Gasteiger partial charge in [-0.2, -0.15) is 0 Å². The number of ether oxygens (including phenoxy) is 1. The van der Waals surface area contributed by atoms with Crippen LogP contribution in [0.25, 0.3) is 11.0 Å². The Kier molecular flexibility index (Phi) is 2.98. The van der Waals surface area contributed by atoms with E-state index >= 15 is 0 Å². The SMILES string of the molecule is Nc1nc2ccccc2nc1O[C@H]1CCCNC1. The molecule has 5 nitrogen and oxygen atoms in total. The van der Waals surface area contributed by atoms with Crippen LogP contribution in [0.5, 0.6) is 5.88 Å². The van der Waals surface area contributed by atoms with Crippen LogP contribution in [0.1, 0.15) is 12.8 Å². The molecule has 94 valence electrons. The molecule has 1 aromatic heterocycles. The quantitative estimate of drug-likeness (QED) is 0.834. The van der Waals surface area contributed by atoms with E-state index in [9.17, 15) is 0 Å². The van der Waals surface area contributed by atoms with E-state index in [2.05, 4.69) is 15.3 Å². The third kappa shape index (κ3) is 2.22. The monoisotopic (exact) mass is 244 g/mol. The Morgan fingerprint density at radius 3 is 2.72 bits per heavy atom. The van der Waals surface area contributed by atoms with Gasteiger partial charge < -0.3 is 15.8 Å². The molecule has 1 aliphatic heterocycles. The summed E-state index contributed by atoms with van der Waals surface area (Å²) in [4.78, 5) is 8.74. The van der Waals surface area contributed by atoms with Crippen molar-refractivity contribution in [2.75, 3.05) is 18.8 Å². The Morgan fingerprint density at radius 2 is 2.00 bits per heavy atom. The van der Waals surface area contributed by atoms with Crippen LogP contribution in [0.15, 0.2) is 24.3 Å². The van der Waals surface area contributed by atoms with Gasteiger partial charge in [0.25, 0.3) is 5.88 Å². The van der Waals surface area contributed by atoms with E-state index in [4.69, 9.17) is 10.5 Å². The maximum absolute atomic E-state index is 5.88. The minimum absolute atomic E-state index is 0.136. The van der Waals surface area contributed by atoms with Crippen molar-refractivity contribution in [3.63, 3.8) is 0 Å². The first-order chi connectivity index (χ1) is 8.83. The van der Waals surface area contributed by atoms with E-state index in [1.165, 1.54) is 0 Å². The van der Waals surface area contributed by atoms with Crippen LogP contribution in [0.3, 0.4) is 0 Å². The topological polar surface area (TPSA) is 73.1 Å². The van der Waals surface area contributed by atoms with Gasteiger partial charge in [-0.25, -0.2) is 9.97 Å². The number of nitrogens with one attached hydrogen (secondary N) is 1. The van der Waals surface area contributed by atoms with Gasteiger partial charge in [-0.05, 0) is 31.5 Å². The van der Waals surface area contributed by atoms with Gasteiger partial charge in [0.15, 0.2) is 5.82 Å². The number of rotatable bonds is 2. The zero-order valence-corrected chi connectivity index (χ0v) is 10.1. The summed E-state index contributed by atoms with van der Waals surface area (Å²) in [5.41, 5.74) is 7.49. The summed E-state index contributed by atoms with van der Waals surface area (Å²) in [6.45, 7) is 1.90. The molecule has 5 heteroatoms. The Bertz CT molecular complexity index is 552. The molecule has 1 fully saturated rings. The summed E-state index contributed by atoms with van der Waals surface area (Å²) in [7, 11) is 0. The molecule has 3 rings (SSSR count). The molecule has 18 heavy (non-hydrogen) atoms. The minimum atomic E-state index is 0.136. The Labute approximate surface area is 105 Å². The van der Waals surface area contributed by atoms with Crippen LogP contribution in [-0.2, 0) is 0 Å². The number of piperidine rings is 1. The van der Waals surface area contributed by atoms with Gasteiger partial charge in [-0.1, -0.05) is 12.1 Å². The number of benzene rings is 1. The molecular weight excluding hydrogens is 228 g/mol. The van der Waals surface area contributed by atoms with Gasteiger partial charge in [0.05, 0.1) is 11.0 Å². The lowest BCUT2D eigenvalue weighted by Gasteiger charge is -2.23. The van der Waals surface area contributed by atoms with Gasteiger partial charge in [0.2, 0.25) is 0 Å². The number of fused-ring (bicyclic) bond motifs is 1. The second-order valence-electron chi connectivity index (χ2n) is 4.49. The fourth-order valence-electron chi connectivity index (χ4n) is 2.16. The average Bonchev–Trinajstić information content (AvgIpc) is 2.41. The number of hydrogen-bond donors (Lipinski definition) is 2. The highest BCUT2D eigenvalue weighted by atomic mass is 16.5. The van der Waals surface area contributed by atoms with Gasteiger partial charge >= 0.3 is 0 Å². The predicted octanol–water partition coefficient (Wildman–Crippen LogP) is 1.34. The fraction of sp³-hybridized carbons (Fsp3) is 0.385. The summed E-state index contributed by atoms with van der Waals surface area (Å²) in [5, 5.41) is 3.30. The summed E-state index contributed by atoms with van der Waals surface area (Å²) in [6, 6.07) is 7.65. The fourth-order valence-corrected chi connectivity index (χ4v) is 2.16. The molecule has 0 saturated carbocycles. The minimum Gasteiger partial charge on any atom is -0.470 e. The summed E-state index contributed by atoms with van der Waals surface area (Å²) in [6.07, 6.45) is 2.28. The van der Waals surface area contributed by atoms with Crippen molar-refractivity contribution in [1.82, 2.24) is 15.3 Å². The molecule has 1 saturated heterocycles. The molecule has 0 aliphatic carbocycles. The molecule has 1 atom stereocenters.